The number of pyridine rings is 1. The maximum atomic E-state index is 13.3. The van der Waals surface area contributed by atoms with Crippen molar-refractivity contribution in [2.75, 3.05) is 0 Å². The Morgan fingerprint density at radius 1 is 1.23 bits per heavy atom. The minimum absolute atomic E-state index is 0.0608. The average molecular weight is 465 g/mol. The first-order valence-corrected chi connectivity index (χ1v) is 10.7. The van der Waals surface area contributed by atoms with Crippen molar-refractivity contribution in [3.8, 4) is 11.1 Å². The zero-order valence-electron chi connectivity index (χ0n) is 17.0. The van der Waals surface area contributed by atoms with Gasteiger partial charge in [0.05, 0.1) is 16.4 Å². The van der Waals surface area contributed by atoms with Gasteiger partial charge in [-0.3, -0.25) is 9.78 Å². The van der Waals surface area contributed by atoms with E-state index in [1.165, 1.54) is 0 Å². The van der Waals surface area contributed by atoms with Crippen molar-refractivity contribution in [2.24, 2.45) is 13.0 Å². The molecule has 30 heavy (non-hydrogen) atoms. The molecule has 0 N–H and O–H groups in total. The molecule has 0 aliphatic heterocycles. The SMILES string of the molecule is Cc1cc(Br)cc2c(=O)c(-c3cncc(C4(c5nncn5C)CC(C)C4)c3)coc12. The highest BCUT2D eigenvalue weighted by molar-refractivity contribution is 9.10. The predicted octanol–water partition coefficient (Wildman–Crippen LogP) is 4.77. The molecule has 0 spiro atoms. The van der Waals surface area contributed by atoms with Crippen molar-refractivity contribution in [2.45, 2.75) is 32.1 Å². The molecule has 1 aliphatic carbocycles. The van der Waals surface area contributed by atoms with E-state index < -0.39 is 0 Å². The van der Waals surface area contributed by atoms with Gasteiger partial charge in [-0.15, -0.1) is 10.2 Å². The number of halogens is 1. The van der Waals surface area contributed by atoms with E-state index in [9.17, 15) is 4.79 Å². The van der Waals surface area contributed by atoms with Gasteiger partial charge in [0.1, 0.15) is 24.0 Å². The smallest absolute Gasteiger partial charge is 0.200 e. The van der Waals surface area contributed by atoms with E-state index in [2.05, 4.69) is 44.1 Å². The Kier molecular flexibility index (Phi) is 4.39. The van der Waals surface area contributed by atoms with Gasteiger partial charge in [0.25, 0.3) is 0 Å². The monoisotopic (exact) mass is 464 g/mol. The molecular weight excluding hydrogens is 444 g/mol. The van der Waals surface area contributed by atoms with E-state index >= 15 is 0 Å². The van der Waals surface area contributed by atoms with Crippen LogP contribution in [0.2, 0.25) is 0 Å². The number of aryl methyl sites for hydroxylation is 2. The highest BCUT2D eigenvalue weighted by Gasteiger charge is 2.48. The summed E-state index contributed by atoms with van der Waals surface area (Å²) in [5.41, 5.74) is 3.55. The molecule has 0 radical (unpaired) electrons. The van der Waals surface area contributed by atoms with Crippen LogP contribution in [-0.4, -0.2) is 19.7 Å². The molecule has 4 aromatic rings. The number of aromatic nitrogens is 4. The molecule has 0 unspecified atom stereocenters. The van der Waals surface area contributed by atoms with Gasteiger partial charge < -0.3 is 8.98 Å². The van der Waals surface area contributed by atoms with Crippen LogP contribution in [0.5, 0.6) is 0 Å². The van der Waals surface area contributed by atoms with Gasteiger partial charge in [-0.1, -0.05) is 22.9 Å². The zero-order valence-corrected chi connectivity index (χ0v) is 18.6. The van der Waals surface area contributed by atoms with Crippen LogP contribution in [0.15, 0.2) is 56.9 Å². The van der Waals surface area contributed by atoms with Crippen LogP contribution in [0.1, 0.15) is 36.7 Å². The summed E-state index contributed by atoms with van der Waals surface area (Å²) >= 11 is 3.48. The molecular formula is C23H21BrN4O2. The fourth-order valence-corrected chi connectivity index (χ4v) is 5.39. The van der Waals surface area contributed by atoms with Gasteiger partial charge >= 0.3 is 0 Å². The summed E-state index contributed by atoms with van der Waals surface area (Å²) < 4.78 is 8.69. The third-order valence-electron chi connectivity index (χ3n) is 6.16. The Balaban J connectivity index is 1.67. The van der Waals surface area contributed by atoms with Gasteiger partial charge in [0.2, 0.25) is 5.43 Å². The Labute approximate surface area is 182 Å². The molecule has 6 nitrogen and oxygen atoms in total. The van der Waals surface area contributed by atoms with Crippen molar-refractivity contribution in [1.29, 1.82) is 0 Å². The highest BCUT2D eigenvalue weighted by atomic mass is 79.9. The molecule has 1 saturated carbocycles. The van der Waals surface area contributed by atoms with Crippen molar-refractivity contribution >= 4 is 26.9 Å². The van der Waals surface area contributed by atoms with E-state index in [1.807, 2.05) is 36.9 Å². The summed E-state index contributed by atoms with van der Waals surface area (Å²) in [5, 5.41) is 9.05. The lowest BCUT2D eigenvalue weighted by Crippen LogP contribution is -2.43. The topological polar surface area (TPSA) is 73.8 Å². The van der Waals surface area contributed by atoms with Crippen molar-refractivity contribution < 1.29 is 4.42 Å². The highest BCUT2D eigenvalue weighted by Crippen LogP contribution is 2.51. The number of benzene rings is 1. The molecule has 1 aliphatic rings. The summed E-state index contributed by atoms with van der Waals surface area (Å²) in [5.74, 6) is 1.53. The molecule has 0 bridgehead atoms. The summed E-state index contributed by atoms with van der Waals surface area (Å²) in [6.07, 6.45) is 8.83. The molecule has 152 valence electrons. The fraction of sp³-hybridized carbons (Fsp3) is 0.304. The van der Waals surface area contributed by atoms with E-state index in [4.69, 9.17) is 4.42 Å². The molecule has 0 atom stereocenters. The largest absolute Gasteiger partial charge is 0.463 e. The maximum absolute atomic E-state index is 13.3. The van der Waals surface area contributed by atoms with E-state index in [1.54, 1.807) is 18.8 Å². The lowest BCUT2D eigenvalue weighted by atomic mass is 9.58. The van der Waals surface area contributed by atoms with Gasteiger partial charge in [0.15, 0.2) is 0 Å². The van der Waals surface area contributed by atoms with Gasteiger partial charge in [-0.2, -0.15) is 0 Å². The lowest BCUT2D eigenvalue weighted by Gasteiger charge is -2.45. The molecule has 7 heteroatoms. The number of hydrogen-bond acceptors (Lipinski definition) is 5. The molecule has 0 saturated heterocycles. The van der Waals surface area contributed by atoms with Crippen LogP contribution >= 0.6 is 15.9 Å². The second-order valence-corrected chi connectivity index (χ2v) is 9.32. The third kappa shape index (κ3) is 2.83. The molecule has 0 amide bonds. The lowest BCUT2D eigenvalue weighted by molar-refractivity contribution is 0.185. The van der Waals surface area contributed by atoms with Crippen molar-refractivity contribution in [1.82, 2.24) is 19.7 Å². The Morgan fingerprint density at radius 3 is 2.73 bits per heavy atom. The van der Waals surface area contributed by atoms with Crippen LogP contribution in [-0.2, 0) is 12.5 Å². The van der Waals surface area contributed by atoms with Crippen LogP contribution in [0.25, 0.3) is 22.1 Å². The van der Waals surface area contributed by atoms with Crippen LogP contribution in [0.4, 0.5) is 0 Å². The van der Waals surface area contributed by atoms with E-state index in [-0.39, 0.29) is 10.8 Å². The first kappa shape index (κ1) is 19.2. The normalized spacial score (nSPS) is 21.0. The van der Waals surface area contributed by atoms with E-state index in [0.717, 1.165) is 39.8 Å². The standard InChI is InChI=1S/C23H21BrN4O2/c1-13-7-23(8-13,22-27-26-12-28(22)3)16-5-15(9-25-10-16)19-11-30-21-14(2)4-17(24)6-18(21)20(19)29/h4-6,9-13H,7-8H2,1-3H3. The van der Waals surface area contributed by atoms with Gasteiger partial charge in [-0.25, -0.2) is 0 Å². The quantitative estimate of drug-likeness (QED) is 0.436. The summed E-state index contributed by atoms with van der Waals surface area (Å²) in [7, 11) is 1.97. The van der Waals surface area contributed by atoms with Gasteiger partial charge in [0, 0.05) is 29.5 Å². The zero-order chi connectivity index (χ0) is 21.0. The summed E-state index contributed by atoms with van der Waals surface area (Å²) in [6, 6.07) is 5.80. The Morgan fingerprint density at radius 2 is 2.03 bits per heavy atom. The van der Waals surface area contributed by atoms with Crippen LogP contribution in [0, 0.1) is 12.8 Å². The molecule has 1 aromatic carbocycles. The maximum Gasteiger partial charge on any atom is 0.200 e. The average Bonchev–Trinajstić information content (AvgIpc) is 3.12. The predicted molar refractivity (Wildman–Crippen MR) is 118 cm³/mol. The van der Waals surface area contributed by atoms with Crippen molar-refractivity contribution in [3.63, 3.8) is 0 Å². The Hall–Kier alpha value is -2.80. The van der Waals surface area contributed by atoms with Crippen LogP contribution < -0.4 is 5.43 Å². The van der Waals surface area contributed by atoms with Crippen molar-refractivity contribution in [3.05, 3.63) is 74.8 Å². The van der Waals surface area contributed by atoms with Crippen LogP contribution in [0.3, 0.4) is 0 Å². The van der Waals surface area contributed by atoms with Gasteiger partial charge in [-0.05, 0) is 55.0 Å². The first-order chi connectivity index (χ1) is 14.4. The molecule has 5 rings (SSSR count). The first-order valence-electron chi connectivity index (χ1n) is 9.91. The minimum atomic E-state index is -0.232. The molecule has 3 heterocycles. The number of rotatable bonds is 3. The Bertz CT molecular complexity index is 1330. The molecule has 1 fully saturated rings. The summed E-state index contributed by atoms with van der Waals surface area (Å²) in [6.45, 7) is 4.17. The second-order valence-electron chi connectivity index (χ2n) is 8.40. The number of nitrogens with zero attached hydrogens (tertiary/aromatic N) is 4. The minimum Gasteiger partial charge on any atom is -0.463 e. The van der Waals surface area contributed by atoms with E-state index in [0.29, 0.717) is 22.5 Å². The summed E-state index contributed by atoms with van der Waals surface area (Å²) in [4.78, 5) is 17.8. The molecule has 3 aromatic heterocycles. The fourth-order valence-electron chi connectivity index (χ4n) is 4.81. The number of hydrogen-bond donors (Lipinski definition) is 0. The third-order valence-corrected chi connectivity index (χ3v) is 6.62. The second kappa shape index (κ2) is 6.87. The number of fused-ring (bicyclic) bond motifs is 1.